The van der Waals surface area contributed by atoms with Crippen LogP contribution in [0.2, 0.25) is 0 Å². The van der Waals surface area contributed by atoms with Gasteiger partial charge in [-0.05, 0) is 18.6 Å². The maximum Gasteiger partial charge on any atom is 0.326 e. The molecule has 0 spiro atoms. The zero-order valence-electron chi connectivity index (χ0n) is 11.1. The van der Waals surface area contributed by atoms with Gasteiger partial charge in [0.15, 0.2) is 0 Å². The molecule has 2 N–H and O–H groups in total. The van der Waals surface area contributed by atoms with E-state index in [1.54, 1.807) is 0 Å². The smallest absolute Gasteiger partial charge is 0.326 e. The predicted molar refractivity (Wildman–Crippen MR) is 66.5 cm³/mol. The van der Waals surface area contributed by atoms with Crippen molar-refractivity contribution in [3.05, 3.63) is 35.4 Å². The number of benzene rings is 1. The number of esters is 1. The Kier molecular flexibility index (Phi) is 5.77. The average Bonchev–Trinajstić information content (AvgIpc) is 2.42. The Morgan fingerprint density at radius 2 is 1.86 bits per heavy atom. The summed E-state index contributed by atoms with van der Waals surface area (Å²) in [5.41, 5.74) is -0.873. The minimum absolute atomic E-state index is 0.256. The number of carboxylic acids is 1. The number of amides is 1. The number of ether oxygens (including phenoxy) is 1. The van der Waals surface area contributed by atoms with Crippen molar-refractivity contribution in [3.8, 4) is 0 Å². The van der Waals surface area contributed by atoms with Crippen molar-refractivity contribution in [1.29, 1.82) is 0 Å². The van der Waals surface area contributed by atoms with Crippen LogP contribution >= 0.6 is 0 Å². The first-order chi connectivity index (χ1) is 9.86. The van der Waals surface area contributed by atoms with Gasteiger partial charge in [0.1, 0.15) is 23.2 Å². The molecular formula is C13H13F2NO5. The molecule has 8 heteroatoms. The summed E-state index contributed by atoms with van der Waals surface area (Å²) in [5, 5.41) is 10.9. The number of methoxy groups -OCH3 is 1. The maximum absolute atomic E-state index is 13.4. The van der Waals surface area contributed by atoms with Gasteiger partial charge in [0.2, 0.25) is 0 Å². The Morgan fingerprint density at radius 3 is 2.33 bits per heavy atom. The molecule has 0 heterocycles. The van der Waals surface area contributed by atoms with Crippen molar-refractivity contribution < 1.29 is 33.0 Å². The van der Waals surface area contributed by atoms with Gasteiger partial charge in [-0.1, -0.05) is 6.07 Å². The number of aliphatic carboxylic acids is 1. The second-order valence-electron chi connectivity index (χ2n) is 4.08. The van der Waals surface area contributed by atoms with E-state index in [9.17, 15) is 23.2 Å². The van der Waals surface area contributed by atoms with Crippen molar-refractivity contribution >= 4 is 17.8 Å². The van der Waals surface area contributed by atoms with Crippen LogP contribution in [-0.2, 0) is 14.3 Å². The summed E-state index contributed by atoms with van der Waals surface area (Å²) in [6.07, 6.45) is -0.517. The van der Waals surface area contributed by atoms with Crippen molar-refractivity contribution in [2.45, 2.75) is 18.9 Å². The van der Waals surface area contributed by atoms with Gasteiger partial charge in [-0.2, -0.15) is 0 Å². The van der Waals surface area contributed by atoms with Gasteiger partial charge < -0.3 is 15.2 Å². The van der Waals surface area contributed by atoms with E-state index >= 15 is 0 Å². The van der Waals surface area contributed by atoms with Gasteiger partial charge in [-0.15, -0.1) is 0 Å². The van der Waals surface area contributed by atoms with E-state index in [0.29, 0.717) is 0 Å². The summed E-state index contributed by atoms with van der Waals surface area (Å²) in [6, 6.07) is 1.37. The molecule has 1 amide bonds. The van der Waals surface area contributed by atoms with Crippen LogP contribution in [0.15, 0.2) is 18.2 Å². The number of carbonyl (C=O) groups is 3. The third-order valence-corrected chi connectivity index (χ3v) is 2.66. The number of halogens is 2. The number of carboxylic acid groups (broad SMARTS) is 1. The quantitative estimate of drug-likeness (QED) is 0.768. The molecule has 1 atom stereocenters. The topological polar surface area (TPSA) is 92.7 Å². The Hall–Kier alpha value is -2.51. The monoisotopic (exact) mass is 301 g/mol. The van der Waals surface area contributed by atoms with E-state index < -0.39 is 41.1 Å². The van der Waals surface area contributed by atoms with E-state index in [0.717, 1.165) is 25.3 Å². The third-order valence-electron chi connectivity index (χ3n) is 2.66. The lowest BCUT2D eigenvalue weighted by Crippen LogP contribution is -2.41. The fraction of sp³-hybridized carbons (Fsp3) is 0.308. The minimum Gasteiger partial charge on any atom is -0.480 e. The molecule has 0 saturated heterocycles. The normalized spacial score (nSPS) is 11.6. The average molecular weight is 301 g/mol. The fourth-order valence-corrected chi connectivity index (χ4v) is 1.57. The maximum atomic E-state index is 13.4. The van der Waals surface area contributed by atoms with Crippen LogP contribution in [-0.4, -0.2) is 36.1 Å². The molecule has 1 unspecified atom stereocenters. The van der Waals surface area contributed by atoms with Gasteiger partial charge in [-0.25, -0.2) is 13.6 Å². The number of rotatable bonds is 6. The second-order valence-corrected chi connectivity index (χ2v) is 4.08. The van der Waals surface area contributed by atoms with Crippen molar-refractivity contribution in [3.63, 3.8) is 0 Å². The highest BCUT2D eigenvalue weighted by Gasteiger charge is 2.25. The highest BCUT2D eigenvalue weighted by molar-refractivity contribution is 5.97. The van der Waals surface area contributed by atoms with E-state index in [-0.39, 0.29) is 12.8 Å². The molecular weight excluding hydrogens is 288 g/mol. The molecule has 1 aromatic rings. The highest BCUT2D eigenvalue weighted by Crippen LogP contribution is 2.12. The van der Waals surface area contributed by atoms with Crippen LogP contribution in [0, 0.1) is 11.6 Å². The first-order valence-corrected chi connectivity index (χ1v) is 5.91. The third kappa shape index (κ3) is 4.51. The molecule has 114 valence electrons. The molecule has 6 nitrogen and oxygen atoms in total. The van der Waals surface area contributed by atoms with E-state index in [1.807, 2.05) is 5.32 Å². The molecule has 1 aromatic carbocycles. The summed E-state index contributed by atoms with van der Waals surface area (Å²) in [5.74, 6) is -5.51. The summed E-state index contributed by atoms with van der Waals surface area (Å²) in [4.78, 5) is 33.7. The Bertz CT molecular complexity index is 541. The largest absolute Gasteiger partial charge is 0.480 e. The second kappa shape index (κ2) is 7.32. The van der Waals surface area contributed by atoms with Crippen LogP contribution in [0.25, 0.3) is 0 Å². The van der Waals surface area contributed by atoms with E-state index in [2.05, 4.69) is 4.74 Å². The van der Waals surface area contributed by atoms with Gasteiger partial charge in [-0.3, -0.25) is 9.59 Å². The van der Waals surface area contributed by atoms with Crippen LogP contribution in [0.3, 0.4) is 0 Å². The van der Waals surface area contributed by atoms with E-state index in [1.165, 1.54) is 0 Å². The molecule has 0 aliphatic carbocycles. The Morgan fingerprint density at radius 1 is 1.29 bits per heavy atom. The number of hydrogen-bond acceptors (Lipinski definition) is 4. The zero-order valence-corrected chi connectivity index (χ0v) is 11.1. The molecule has 0 fully saturated rings. The standard InChI is InChI=1S/C13H13F2NO5/c1-21-10(17)6-5-9(13(19)20)16-12(18)11-7(14)3-2-4-8(11)15/h2-4,9H,5-6H2,1H3,(H,16,18)(H,19,20). The molecule has 1 rings (SSSR count). The van der Waals surface area contributed by atoms with Gasteiger partial charge in [0, 0.05) is 6.42 Å². The lowest BCUT2D eigenvalue weighted by Gasteiger charge is -2.14. The van der Waals surface area contributed by atoms with Crippen LogP contribution in [0.5, 0.6) is 0 Å². The van der Waals surface area contributed by atoms with Crippen LogP contribution in [0.4, 0.5) is 8.78 Å². The SMILES string of the molecule is COC(=O)CCC(NC(=O)c1c(F)cccc1F)C(=O)O. The molecule has 21 heavy (non-hydrogen) atoms. The summed E-state index contributed by atoms with van der Waals surface area (Å²) < 4.78 is 31.1. The summed E-state index contributed by atoms with van der Waals surface area (Å²) in [6.45, 7) is 0. The van der Waals surface area contributed by atoms with Crippen molar-refractivity contribution in [1.82, 2.24) is 5.32 Å². The van der Waals surface area contributed by atoms with Crippen LogP contribution in [0.1, 0.15) is 23.2 Å². The van der Waals surface area contributed by atoms with Crippen molar-refractivity contribution in [2.24, 2.45) is 0 Å². The van der Waals surface area contributed by atoms with Gasteiger partial charge >= 0.3 is 11.9 Å². The molecule has 0 aliphatic rings. The first-order valence-electron chi connectivity index (χ1n) is 5.91. The molecule has 0 bridgehead atoms. The predicted octanol–water partition coefficient (Wildman–Crippen LogP) is 1.10. The molecule has 0 aromatic heterocycles. The minimum atomic E-state index is -1.46. The van der Waals surface area contributed by atoms with Gasteiger partial charge in [0.25, 0.3) is 5.91 Å². The summed E-state index contributed by atoms with van der Waals surface area (Å²) in [7, 11) is 1.13. The molecule has 0 radical (unpaired) electrons. The lowest BCUT2D eigenvalue weighted by molar-refractivity contribution is -0.142. The molecule has 0 saturated carbocycles. The Balaban J connectivity index is 2.82. The fourth-order valence-electron chi connectivity index (χ4n) is 1.57. The Labute approximate surface area is 118 Å². The van der Waals surface area contributed by atoms with Crippen molar-refractivity contribution in [2.75, 3.05) is 7.11 Å². The van der Waals surface area contributed by atoms with Gasteiger partial charge in [0.05, 0.1) is 7.11 Å². The zero-order chi connectivity index (χ0) is 16.0. The van der Waals surface area contributed by atoms with Crippen LogP contribution < -0.4 is 5.32 Å². The summed E-state index contributed by atoms with van der Waals surface area (Å²) >= 11 is 0. The highest BCUT2D eigenvalue weighted by atomic mass is 19.1. The van der Waals surface area contributed by atoms with E-state index in [4.69, 9.17) is 5.11 Å². The lowest BCUT2D eigenvalue weighted by atomic mass is 10.1. The molecule has 0 aliphatic heterocycles. The first kappa shape index (κ1) is 16.5. The number of hydrogen-bond donors (Lipinski definition) is 2. The number of carbonyl (C=O) groups excluding carboxylic acids is 2. The number of nitrogens with one attached hydrogen (secondary N) is 1.